The van der Waals surface area contributed by atoms with Gasteiger partial charge in [0, 0.05) is 18.1 Å². The molecule has 0 saturated carbocycles. The molecule has 0 unspecified atom stereocenters. The Hall–Kier alpha value is -2.79. The van der Waals surface area contributed by atoms with Crippen molar-refractivity contribution in [3.8, 4) is 0 Å². The van der Waals surface area contributed by atoms with E-state index in [2.05, 4.69) is 47.2 Å². The predicted octanol–water partition coefficient (Wildman–Crippen LogP) is 5.03. The second-order valence-electron chi connectivity index (χ2n) is 7.31. The molecule has 0 spiro atoms. The van der Waals surface area contributed by atoms with Crippen molar-refractivity contribution < 1.29 is 5.21 Å². The molecule has 0 amide bonds. The lowest BCUT2D eigenvalue weighted by molar-refractivity contribution is 0.212. The summed E-state index contributed by atoms with van der Waals surface area (Å²) in [6.45, 7) is 10.5. The summed E-state index contributed by atoms with van der Waals surface area (Å²) in [4.78, 5) is 7.11. The summed E-state index contributed by atoms with van der Waals surface area (Å²) in [6.07, 6.45) is 2.89. The molecule has 2 aromatic heterocycles. The normalized spacial score (nSPS) is 11.9. The monoisotopic (exact) mass is 376 g/mol. The van der Waals surface area contributed by atoms with Gasteiger partial charge in [-0.05, 0) is 55.4 Å². The van der Waals surface area contributed by atoms with E-state index < -0.39 is 0 Å². The highest BCUT2D eigenvalue weighted by molar-refractivity contribution is 6.23. The number of nitrogens with one attached hydrogen (secondary N) is 1. The number of hydrogen-bond acceptors (Lipinski definition) is 4. The van der Waals surface area contributed by atoms with E-state index >= 15 is 0 Å². The molecule has 2 aromatic carbocycles. The van der Waals surface area contributed by atoms with E-state index in [1.54, 1.807) is 0 Å². The van der Waals surface area contributed by atoms with Gasteiger partial charge in [-0.1, -0.05) is 44.2 Å². The number of aryl methyl sites for hydroxylation is 1. The lowest BCUT2D eigenvalue weighted by Gasteiger charge is -2.18. The number of pyridine rings is 1. The second-order valence-corrected chi connectivity index (χ2v) is 7.31. The molecular formula is C23H28N4O. The van der Waals surface area contributed by atoms with E-state index in [4.69, 9.17) is 0 Å². The number of rotatable bonds is 7. The Bertz CT molecular complexity index is 1130. The van der Waals surface area contributed by atoms with Crippen LogP contribution in [0.2, 0.25) is 0 Å². The maximum atomic E-state index is 10.9. The average Bonchev–Trinajstić information content (AvgIpc) is 3.04. The molecule has 5 nitrogen and oxygen atoms in total. The van der Waals surface area contributed by atoms with Gasteiger partial charge < -0.3 is 15.4 Å². The van der Waals surface area contributed by atoms with Gasteiger partial charge in [0.2, 0.25) is 0 Å². The summed E-state index contributed by atoms with van der Waals surface area (Å²) >= 11 is 0. The van der Waals surface area contributed by atoms with Crippen LogP contribution in [0.15, 0.2) is 42.6 Å². The van der Waals surface area contributed by atoms with Crippen LogP contribution in [0.25, 0.3) is 32.6 Å². The zero-order chi connectivity index (χ0) is 19.7. The van der Waals surface area contributed by atoms with Crippen molar-refractivity contribution in [1.82, 2.24) is 14.6 Å². The van der Waals surface area contributed by atoms with Gasteiger partial charge in [0.05, 0.1) is 16.4 Å². The molecule has 0 aliphatic heterocycles. The van der Waals surface area contributed by atoms with Gasteiger partial charge in [0.1, 0.15) is 5.82 Å². The van der Waals surface area contributed by atoms with Crippen LogP contribution in [0, 0.1) is 6.92 Å². The van der Waals surface area contributed by atoms with Crippen molar-refractivity contribution >= 4 is 38.4 Å². The van der Waals surface area contributed by atoms with E-state index in [0.29, 0.717) is 0 Å². The highest BCUT2D eigenvalue weighted by Gasteiger charge is 2.18. The third kappa shape index (κ3) is 3.06. The zero-order valence-electron chi connectivity index (χ0n) is 16.9. The minimum atomic E-state index is 0.816. The number of hydrogen-bond donors (Lipinski definition) is 2. The molecule has 4 aromatic rings. The molecule has 28 heavy (non-hydrogen) atoms. The molecule has 0 bridgehead atoms. The van der Waals surface area contributed by atoms with Crippen molar-refractivity contribution in [2.24, 2.45) is 0 Å². The van der Waals surface area contributed by atoms with Crippen molar-refractivity contribution in [2.45, 2.75) is 27.2 Å². The Kier molecular flexibility index (Phi) is 5.09. The van der Waals surface area contributed by atoms with Crippen LogP contribution in [0.4, 0.5) is 5.82 Å². The Labute approximate surface area is 165 Å². The first-order chi connectivity index (χ1) is 13.7. The highest BCUT2D eigenvalue weighted by Crippen LogP contribution is 2.38. The van der Waals surface area contributed by atoms with Crippen LogP contribution >= 0.6 is 0 Å². The van der Waals surface area contributed by atoms with Crippen LogP contribution in [-0.2, 0) is 0 Å². The molecule has 5 heteroatoms. The molecule has 0 atom stereocenters. The Morgan fingerprint density at radius 3 is 2.64 bits per heavy atom. The summed E-state index contributed by atoms with van der Waals surface area (Å²) in [5.74, 6) is 0.842. The Morgan fingerprint density at radius 2 is 1.86 bits per heavy atom. The van der Waals surface area contributed by atoms with Gasteiger partial charge in [-0.2, -0.15) is 4.73 Å². The number of anilines is 1. The van der Waals surface area contributed by atoms with E-state index in [9.17, 15) is 5.21 Å². The first kappa shape index (κ1) is 18.6. The first-order valence-electron chi connectivity index (χ1n) is 10.1. The zero-order valence-corrected chi connectivity index (χ0v) is 16.9. The molecule has 2 heterocycles. The SMILES string of the molecule is CCN(CC)CCCNc1ncc(C)c2c1c1c3ccccc3ccc1n2O. The van der Waals surface area contributed by atoms with E-state index in [-0.39, 0.29) is 0 Å². The fourth-order valence-corrected chi connectivity index (χ4v) is 4.11. The quantitative estimate of drug-likeness (QED) is 0.351. The summed E-state index contributed by atoms with van der Waals surface area (Å²) < 4.78 is 1.31. The number of nitrogens with zero attached hydrogens (tertiary/aromatic N) is 3. The van der Waals surface area contributed by atoms with Gasteiger partial charge in [-0.25, -0.2) is 4.98 Å². The molecule has 0 fully saturated rings. The molecule has 4 rings (SSSR count). The van der Waals surface area contributed by atoms with Gasteiger partial charge in [-0.3, -0.25) is 0 Å². The third-order valence-corrected chi connectivity index (χ3v) is 5.67. The topological polar surface area (TPSA) is 53.3 Å². The summed E-state index contributed by atoms with van der Waals surface area (Å²) in [5, 5.41) is 18.8. The lowest BCUT2D eigenvalue weighted by Crippen LogP contribution is -2.25. The molecule has 0 radical (unpaired) electrons. The molecule has 0 saturated heterocycles. The van der Waals surface area contributed by atoms with E-state index in [1.165, 1.54) is 4.73 Å². The number of fused-ring (bicyclic) bond motifs is 5. The fourth-order valence-electron chi connectivity index (χ4n) is 4.11. The lowest BCUT2D eigenvalue weighted by atomic mass is 10.0. The molecule has 146 valence electrons. The smallest absolute Gasteiger partial charge is 0.136 e. The third-order valence-electron chi connectivity index (χ3n) is 5.67. The number of aromatic nitrogens is 2. The van der Waals surface area contributed by atoms with Crippen molar-refractivity contribution in [3.63, 3.8) is 0 Å². The highest BCUT2D eigenvalue weighted by atomic mass is 16.5. The van der Waals surface area contributed by atoms with Gasteiger partial charge >= 0.3 is 0 Å². The van der Waals surface area contributed by atoms with Crippen molar-refractivity contribution in [1.29, 1.82) is 0 Å². The Morgan fingerprint density at radius 1 is 1.07 bits per heavy atom. The first-order valence-corrected chi connectivity index (χ1v) is 10.1. The van der Waals surface area contributed by atoms with E-state index in [1.807, 2.05) is 31.3 Å². The predicted molar refractivity (Wildman–Crippen MR) is 118 cm³/mol. The van der Waals surface area contributed by atoms with Gasteiger partial charge in [-0.15, -0.1) is 0 Å². The second kappa shape index (κ2) is 7.68. The minimum absolute atomic E-state index is 0.816. The Balaban J connectivity index is 1.80. The number of benzene rings is 2. The van der Waals surface area contributed by atoms with Gasteiger partial charge in [0.15, 0.2) is 0 Å². The minimum Gasteiger partial charge on any atom is -0.428 e. The summed E-state index contributed by atoms with van der Waals surface area (Å²) in [7, 11) is 0. The largest absolute Gasteiger partial charge is 0.428 e. The maximum Gasteiger partial charge on any atom is 0.136 e. The molecular weight excluding hydrogens is 348 g/mol. The molecule has 0 aliphatic rings. The standard InChI is InChI=1S/C23H28N4O/c1-4-26(5-2)14-8-13-24-23-21-20-18-10-7-6-9-17(18)11-12-19(20)27(28)22(21)16(3)15-25-23/h6-7,9-12,15,28H,4-5,8,13-14H2,1-3H3,(H,24,25). The summed E-state index contributed by atoms with van der Waals surface area (Å²) in [5.41, 5.74) is 2.61. The maximum absolute atomic E-state index is 10.9. The average molecular weight is 377 g/mol. The van der Waals surface area contributed by atoms with Crippen LogP contribution < -0.4 is 5.32 Å². The van der Waals surface area contributed by atoms with Crippen LogP contribution in [0.1, 0.15) is 25.8 Å². The molecule has 2 N–H and O–H groups in total. The van der Waals surface area contributed by atoms with Crippen molar-refractivity contribution in [3.05, 3.63) is 48.2 Å². The summed E-state index contributed by atoms with van der Waals surface area (Å²) in [6, 6.07) is 12.4. The molecule has 0 aliphatic carbocycles. The fraction of sp³-hybridized carbons (Fsp3) is 0.348. The van der Waals surface area contributed by atoms with E-state index in [0.717, 1.165) is 76.6 Å². The van der Waals surface area contributed by atoms with Crippen LogP contribution in [0.3, 0.4) is 0 Å². The van der Waals surface area contributed by atoms with Gasteiger partial charge in [0.25, 0.3) is 0 Å². The van der Waals surface area contributed by atoms with Crippen LogP contribution in [-0.4, -0.2) is 46.0 Å². The van der Waals surface area contributed by atoms with Crippen molar-refractivity contribution in [2.75, 3.05) is 31.5 Å². The van der Waals surface area contributed by atoms with Crippen LogP contribution in [0.5, 0.6) is 0 Å².